The minimum absolute atomic E-state index is 0.696. The zero-order chi connectivity index (χ0) is 13.8. The fourth-order valence-electron chi connectivity index (χ4n) is 1.62. The van der Waals surface area contributed by atoms with E-state index < -0.39 is 0 Å². The molecule has 0 radical (unpaired) electrons. The number of hydrogen-bond donors (Lipinski definition) is 2. The van der Waals surface area contributed by atoms with Crippen LogP contribution in [0.25, 0.3) is 0 Å². The summed E-state index contributed by atoms with van der Waals surface area (Å²) < 4.78 is 5.30. The first-order valence-electron chi connectivity index (χ1n) is 7.00. The zero-order valence-corrected chi connectivity index (χ0v) is 12.0. The van der Waals surface area contributed by atoms with E-state index in [9.17, 15) is 0 Å². The summed E-state index contributed by atoms with van der Waals surface area (Å²) in [6.07, 6.45) is 0.990. The molecule has 19 heavy (non-hydrogen) atoms. The largest absolute Gasteiger partial charge is 0.382 e. The molecule has 0 saturated heterocycles. The average molecular weight is 263 g/mol. The van der Waals surface area contributed by atoms with Gasteiger partial charge in [-0.05, 0) is 25.8 Å². The van der Waals surface area contributed by atoms with E-state index in [-0.39, 0.29) is 0 Å². The van der Waals surface area contributed by atoms with Gasteiger partial charge in [0.1, 0.15) is 0 Å². The first-order valence-corrected chi connectivity index (χ1v) is 7.00. The Hall–Kier alpha value is -1.55. The third-order valence-electron chi connectivity index (χ3n) is 2.57. The quantitative estimate of drug-likeness (QED) is 0.429. The van der Waals surface area contributed by atoms with Crippen LogP contribution in [0.15, 0.2) is 35.3 Å². The summed E-state index contributed by atoms with van der Waals surface area (Å²) in [7, 11) is 0. The van der Waals surface area contributed by atoms with Gasteiger partial charge in [0.15, 0.2) is 5.96 Å². The van der Waals surface area contributed by atoms with E-state index in [2.05, 4.69) is 34.7 Å². The molecular weight excluding hydrogens is 238 g/mol. The Morgan fingerprint density at radius 1 is 1.16 bits per heavy atom. The Balaban J connectivity index is 2.34. The van der Waals surface area contributed by atoms with Crippen LogP contribution in [0.1, 0.15) is 25.8 Å². The molecule has 1 aromatic rings. The lowest BCUT2D eigenvalue weighted by molar-refractivity contribution is 0.145. The van der Waals surface area contributed by atoms with Gasteiger partial charge < -0.3 is 15.4 Å². The molecule has 0 amide bonds. The van der Waals surface area contributed by atoms with Crippen molar-refractivity contribution in [2.75, 3.05) is 26.3 Å². The Kier molecular flexibility index (Phi) is 8.47. The smallest absolute Gasteiger partial charge is 0.191 e. The van der Waals surface area contributed by atoms with E-state index in [4.69, 9.17) is 4.74 Å². The zero-order valence-electron chi connectivity index (χ0n) is 12.0. The van der Waals surface area contributed by atoms with Crippen LogP contribution in [0.3, 0.4) is 0 Å². The van der Waals surface area contributed by atoms with Crippen molar-refractivity contribution in [1.82, 2.24) is 10.6 Å². The van der Waals surface area contributed by atoms with E-state index in [0.29, 0.717) is 6.54 Å². The van der Waals surface area contributed by atoms with Crippen molar-refractivity contribution in [2.24, 2.45) is 4.99 Å². The van der Waals surface area contributed by atoms with Crippen molar-refractivity contribution in [2.45, 2.75) is 26.8 Å². The molecular formula is C15H25N3O. The van der Waals surface area contributed by atoms with Crippen LogP contribution in [-0.2, 0) is 11.3 Å². The van der Waals surface area contributed by atoms with E-state index in [0.717, 1.165) is 38.7 Å². The lowest BCUT2D eigenvalue weighted by atomic mass is 10.2. The maximum Gasteiger partial charge on any atom is 0.191 e. The monoisotopic (exact) mass is 263 g/mol. The van der Waals surface area contributed by atoms with E-state index in [1.807, 2.05) is 25.1 Å². The predicted molar refractivity (Wildman–Crippen MR) is 80.4 cm³/mol. The molecule has 0 unspecified atom stereocenters. The van der Waals surface area contributed by atoms with Gasteiger partial charge in [0.2, 0.25) is 0 Å². The third-order valence-corrected chi connectivity index (χ3v) is 2.57. The number of ether oxygens (including phenoxy) is 1. The fraction of sp³-hybridized carbons (Fsp3) is 0.533. The Morgan fingerprint density at radius 3 is 2.63 bits per heavy atom. The molecule has 0 fully saturated rings. The second kappa shape index (κ2) is 10.4. The van der Waals surface area contributed by atoms with Crippen LogP contribution in [-0.4, -0.2) is 32.3 Å². The van der Waals surface area contributed by atoms with Crippen molar-refractivity contribution < 1.29 is 4.74 Å². The molecule has 0 aromatic heterocycles. The summed E-state index contributed by atoms with van der Waals surface area (Å²) in [5.74, 6) is 0.864. The summed E-state index contributed by atoms with van der Waals surface area (Å²) in [6, 6.07) is 10.3. The maximum atomic E-state index is 5.30. The number of benzene rings is 1. The molecule has 0 bridgehead atoms. The van der Waals surface area contributed by atoms with Crippen LogP contribution < -0.4 is 10.6 Å². The highest BCUT2D eigenvalue weighted by Crippen LogP contribution is 1.99. The molecule has 4 heteroatoms. The molecule has 0 atom stereocenters. The molecule has 1 rings (SSSR count). The summed E-state index contributed by atoms with van der Waals surface area (Å²) in [5, 5.41) is 6.55. The van der Waals surface area contributed by atoms with E-state index in [1.165, 1.54) is 5.56 Å². The Bertz CT molecular complexity index is 352. The van der Waals surface area contributed by atoms with Gasteiger partial charge in [-0.1, -0.05) is 30.3 Å². The van der Waals surface area contributed by atoms with E-state index >= 15 is 0 Å². The number of nitrogens with zero attached hydrogens (tertiary/aromatic N) is 1. The van der Waals surface area contributed by atoms with Crippen LogP contribution in [0.4, 0.5) is 0 Å². The maximum absolute atomic E-state index is 5.30. The summed E-state index contributed by atoms with van der Waals surface area (Å²) in [4.78, 5) is 4.56. The highest BCUT2D eigenvalue weighted by Gasteiger charge is 1.96. The first-order chi connectivity index (χ1) is 9.36. The van der Waals surface area contributed by atoms with Crippen LogP contribution in [0.5, 0.6) is 0 Å². The standard InChI is InChI=1S/C15H25N3O/c1-3-16-15(17-11-8-12-19-4-2)18-13-14-9-6-5-7-10-14/h5-7,9-10H,3-4,8,11-13H2,1-2H3,(H2,16,17,18). The van der Waals surface area contributed by atoms with Gasteiger partial charge in [0.25, 0.3) is 0 Å². The molecule has 106 valence electrons. The van der Waals surface area contributed by atoms with Crippen LogP contribution in [0, 0.1) is 0 Å². The van der Waals surface area contributed by atoms with Crippen molar-refractivity contribution >= 4 is 5.96 Å². The summed E-state index contributed by atoms with van der Waals surface area (Å²) in [6.45, 7) is 8.09. The van der Waals surface area contributed by atoms with Crippen LogP contribution in [0.2, 0.25) is 0 Å². The molecule has 2 N–H and O–H groups in total. The van der Waals surface area contributed by atoms with Crippen molar-refractivity contribution in [3.63, 3.8) is 0 Å². The summed E-state index contributed by atoms with van der Waals surface area (Å²) in [5.41, 5.74) is 1.22. The number of rotatable bonds is 8. The van der Waals surface area contributed by atoms with Gasteiger partial charge in [-0.3, -0.25) is 0 Å². The fourth-order valence-corrected chi connectivity index (χ4v) is 1.62. The first kappa shape index (κ1) is 15.5. The number of nitrogens with one attached hydrogen (secondary N) is 2. The normalized spacial score (nSPS) is 11.4. The van der Waals surface area contributed by atoms with Gasteiger partial charge in [0, 0.05) is 26.3 Å². The van der Waals surface area contributed by atoms with Gasteiger partial charge in [0.05, 0.1) is 6.54 Å². The van der Waals surface area contributed by atoms with Crippen molar-refractivity contribution in [3.05, 3.63) is 35.9 Å². The SMILES string of the molecule is CCNC(=NCc1ccccc1)NCCCOCC. The predicted octanol–water partition coefficient (Wildman–Crippen LogP) is 2.17. The van der Waals surface area contributed by atoms with Gasteiger partial charge in [-0.15, -0.1) is 0 Å². The van der Waals surface area contributed by atoms with Gasteiger partial charge in [-0.2, -0.15) is 0 Å². The van der Waals surface area contributed by atoms with E-state index in [1.54, 1.807) is 0 Å². The second-order valence-corrected chi connectivity index (χ2v) is 4.16. The Labute approximate surface area is 116 Å². The molecule has 0 saturated carbocycles. The van der Waals surface area contributed by atoms with Gasteiger partial charge in [-0.25, -0.2) is 4.99 Å². The highest BCUT2D eigenvalue weighted by molar-refractivity contribution is 5.79. The topological polar surface area (TPSA) is 45.7 Å². The lowest BCUT2D eigenvalue weighted by Crippen LogP contribution is -2.38. The van der Waals surface area contributed by atoms with Gasteiger partial charge >= 0.3 is 0 Å². The average Bonchev–Trinajstić information content (AvgIpc) is 2.45. The molecule has 1 aromatic carbocycles. The molecule has 4 nitrogen and oxygen atoms in total. The molecule has 0 spiro atoms. The summed E-state index contributed by atoms with van der Waals surface area (Å²) >= 11 is 0. The highest BCUT2D eigenvalue weighted by atomic mass is 16.5. The molecule has 0 heterocycles. The number of hydrogen-bond acceptors (Lipinski definition) is 2. The minimum Gasteiger partial charge on any atom is -0.382 e. The minimum atomic E-state index is 0.696. The molecule has 0 aliphatic rings. The lowest BCUT2D eigenvalue weighted by Gasteiger charge is -2.11. The third kappa shape index (κ3) is 7.47. The van der Waals surface area contributed by atoms with Crippen molar-refractivity contribution in [1.29, 1.82) is 0 Å². The number of guanidine groups is 1. The number of aliphatic imine (C=N–C) groups is 1. The van der Waals surface area contributed by atoms with Crippen LogP contribution >= 0.6 is 0 Å². The second-order valence-electron chi connectivity index (χ2n) is 4.16. The molecule has 0 aliphatic carbocycles. The Morgan fingerprint density at radius 2 is 1.95 bits per heavy atom. The molecule has 0 aliphatic heterocycles. The van der Waals surface area contributed by atoms with Crippen molar-refractivity contribution in [3.8, 4) is 0 Å².